The minimum atomic E-state index is 0.342. The number of nitrogens with two attached hydrogens (primary N) is 1. The van der Waals surface area contributed by atoms with Crippen LogP contribution in [0.25, 0.3) is 0 Å². The molecule has 16 heavy (non-hydrogen) atoms. The van der Waals surface area contributed by atoms with Crippen molar-refractivity contribution >= 4 is 0 Å². The molecule has 0 aromatic carbocycles. The molecule has 0 saturated carbocycles. The summed E-state index contributed by atoms with van der Waals surface area (Å²) >= 11 is 0. The first kappa shape index (κ1) is 11.5. The Morgan fingerprint density at radius 1 is 1.56 bits per heavy atom. The van der Waals surface area contributed by atoms with Gasteiger partial charge in [0.05, 0.1) is 13.2 Å². The highest BCUT2D eigenvalue weighted by Gasteiger charge is 2.21. The molecule has 0 bridgehead atoms. The van der Waals surface area contributed by atoms with Crippen molar-refractivity contribution in [3.8, 4) is 0 Å². The highest BCUT2D eigenvalue weighted by atomic mass is 16.5. The lowest BCUT2D eigenvalue weighted by Crippen LogP contribution is -2.48. The molecule has 0 aliphatic carbocycles. The molecule has 0 radical (unpaired) electrons. The average molecular weight is 221 g/mol. The minimum absolute atomic E-state index is 0.342. The Balaban J connectivity index is 2.02. The molecule has 1 aromatic rings. The Morgan fingerprint density at radius 3 is 3.19 bits per heavy atom. The summed E-state index contributed by atoms with van der Waals surface area (Å²) in [6.07, 6.45) is 3.80. The zero-order valence-electron chi connectivity index (χ0n) is 9.72. The normalized spacial score (nSPS) is 22.2. The van der Waals surface area contributed by atoms with Crippen LogP contribution >= 0.6 is 0 Å². The Hall–Kier alpha value is -0.970. The first-order valence-corrected chi connectivity index (χ1v) is 5.72. The van der Waals surface area contributed by atoms with Crippen LogP contribution in [0.3, 0.4) is 0 Å². The van der Waals surface area contributed by atoms with Gasteiger partial charge >= 0.3 is 0 Å². The standard InChI is InChI=1S/C12H19N3O/c1-10-4-11(7-14-6-10)8-15-2-3-16-9-12(15)5-13/h4,6-7,12H,2-3,5,8-9,13H2,1H3. The number of rotatable bonds is 3. The Morgan fingerprint density at radius 2 is 2.44 bits per heavy atom. The third-order valence-electron chi connectivity index (χ3n) is 2.94. The number of hydrogen-bond donors (Lipinski definition) is 1. The molecule has 1 unspecified atom stereocenters. The van der Waals surface area contributed by atoms with Gasteiger partial charge in [0.15, 0.2) is 0 Å². The van der Waals surface area contributed by atoms with Crippen molar-refractivity contribution in [3.05, 3.63) is 29.6 Å². The fraction of sp³-hybridized carbons (Fsp3) is 0.583. The van der Waals surface area contributed by atoms with E-state index in [0.29, 0.717) is 12.6 Å². The maximum Gasteiger partial charge on any atom is 0.0634 e. The van der Waals surface area contributed by atoms with Crippen LogP contribution < -0.4 is 5.73 Å². The molecule has 1 aliphatic rings. The quantitative estimate of drug-likeness (QED) is 0.810. The molecule has 2 heterocycles. The van der Waals surface area contributed by atoms with Gasteiger partial charge in [-0.1, -0.05) is 6.07 Å². The Bertz CT molecular complexity index is 343. The minimum Gasteiger partial charge on any atom is -0.378 e. The number of morpholine rings is 1. The lowest BCUT2D eigenvalue weighted by molar-refractivity contribution is -0.00797. The fourth-order valence-electron chi connectivity index (χ4n) is 2.05. The van der Waals surface area contributed by atoms with Gasteiger partial charge in [-0.05, 0) is 18.1 Å². The van der Waals surface area contributed by atoms with E-state index in [0.717, 1.165) is 26.3 Å². The highest BCUT2D eigenvalue weighted by molar-refractivity contribution is 5.16. The van der Waals surface area contributed by atoms with Gasteiger partial charge < -0.3 is 10.5 Å². The second-order valence-corrected chi connectivity index (χ2v) is 4.31. The molecular formula is C12H19N3O. The van der Waals surface area contributed by atoms with E-state index in [2.05, 4.69) is 22.9 Å². The summed E-state index contributed by atoms with van der Waals surface area (Å²) in [4.78, 5) is 6.59. The zero-order valence-corrected chi connectivity index (χ0v) is 9.72. The Kier molecular flexibility index (Phi) is 3.88. The molecule has 1 aromatic heterocycles. The predicted octanol–water partition coefficient (Wildman–Crippen LogP) is 0.550. The van der Waals surface area contributed by atoms with Crippen LogP contribution in [0.15, 0.2) is 18.5 Å². The molecule has 0 amide bonds. The number of hydrogen-bond acceptors (Lipinski definition) is 4. The number of pyridine rings is 1. The van der Waals surface area contributed by atoms with Gasteiger partial charge in [-0.2, -0.15) is 0 Å². The number of nitrogens with zero attached hydrogens (tertiary/aromatic N) is 2. The van der Waals surface area contributed by atoms with Gasteiger partial charge in [0.25, 0.3) is 0 Å². The Labute approximate surface area is 96.4 Å². The SMILES string of the molecule is Cc1cncc(CN2CCOCC2CN)c1. The topological polar surface area (TPSA) is 51.4 Å². The van der Waals surface area contributed by atoms with Crippen LogP contribution in [-0.2, 0) is 11.3 Å². The van der Waals surface area contributed by atoms with Crippen LogP contribution in [-0.4, -0.2) is 42.2 Å². The van der Waals surface area contributed by atoms with Crippen molar-refractivity contribution in [1.82, 2.24) is 9.88 Å². The van der Waals surface area contributed by atoms with Crippen molar-refractivity contribution in [1.29, 1.82) is 0 Å². The second-order valence-electron chi connectivity index (χ2n) is 4.31. The third kappa shape index (κ3) is 2.78. The largest absolute Gasteiger partial charge is 0.378 e. The molecule has 2 N–H and O–H groups in total. The maximum absolute atomic E-state index is 5.74. The van der Waals surface area contributed by atoms with Crippen molar-refractivity contribution < 1.29 is 4.74 Å². The van der Waals surface area contributed by atoms with Gasteiger partial charge in [-0.15, -0.1) is 0 Å². The zero-order chi connectivity index (χ0) is 11.4. The molecule has 1 atom stereocenters. The lowest BCUT2D eigenvalue weighted by Gasteiger charge is -2.34. The van der Waals surface area contributed by atoms with E-state index >= 15 is 0 Å². The van der Waals surface area contributed by atoms with E-state index in [1.807, 2.05) is 12.4 Å². The first-order valence-electron chi connectivity index (χ1n) is 5.72. The molecule has 2 rings (SSSR count). The van der Waals surface area contributed by atoms with Crippen molar-refractivity contribution in [2.24, 2.45) is 5.73 Å². The van der Waals surface area contributed by atoms with Gasteiger partial charge in [0, 0.05) is 38.1 Å². The number of aromatic nitrogens is 1. The van der Waals surface area contributed by atoms with Crippen molar-refractivity contribution in [2.45, 2.75) is 19.5 Å². The van der Waals surface area contributed by atoms with Crippen molar-refractivity contribution in [3.63, 3.8) is 0 Å². The number of ether oxygens (including phenoxy) is 1. The second kappa shape index (κ2) is 5.39. The highest BCUT2D eigenvalue weighted by Crippen LogP contribution is 2.11. The summed E-state index contributed by atoms with van der Waals surface area (Å²) in [5, 5.41) is 0. The monoisotopic (exact) mass is 221 g/mol. The predicted molar refractivity (Wildman–Crippen MR) is 63.0 cm³/mol. The van der Waals surface area contributed by atoms with E-state index in [1.54, 1.807) is 0 Å². The molecular weight excluding hydrogens is 202 g/mol. The van der Waals surface area contributed by atoms with E-state index in [1.165, 1.54) is 11.1 Å². The summed E-state index contributed by atoms with van der Waals surface area (Å²) in [5.41, 5.74) is 8.19. The van der Waals surface area contributed by atoms with Crippen molar-refractivity contribution in [2.75, 3.05) is 26.3 Å². The summed E-state index contributed by atoms with van der Waals surface area (Å²) in [7, 11) is 0. The summed E-state index contributed by atoms with van der Waals surface area (Å²) in [5.74, 6) is 0. The van der Waals surface area contributed by atoms with E-state index in [9.17, 15) is 0 Å². The summed E-state index contributed by atoms with van der Waals surface area (Å²) in [6, 6.07) is 2.52. The molecule has 1 saturated heterocycles. The third-order valence-corrected chi connectivity index (χ3v) is 2.94. The van der Waals surface area contributed by atoms with Gasteiger partial charge in [-0.25, -0.2) is 0 Å². The van der Waals surface area contributed by atoms with Crippen LogP contribution in [0.2, 0.25) is 0 Å². The van der Waals surface area contributed by atoms with E-state index < -0.39 is 0 Å². The van der Waals surface area contributed by atoms with Crippen LogP contribution in [0.1, 0.15) is 11.1 Å². The maximum atomic E-state index is 5.74. The average Bonchev–Trinajstić information content (AvgIpc) is 2.30. The van der Waals surface area contributed by atoms with Gasteiger partial charge in [0.1, 0.15) is 0 Å². The molecule has 1 aliphatic heterocycles. The van der Waals surface area contributed by atoms with E-state index in [-0.39, 0.29) is 0 Å². The summed E-state index contributed by atoms with van der Waals surface area (Å²) in [6.45, 7) is 6.14. The van der Waals surface area contributed by atoms with E-state index in [4.69, 9.17) is 10.5 Å². The first-order chi connectivity index (χ1) is 7.79. The number of aryl methyl sites for hydroxylation is 1. The van der Waals surface area contributed by atoms with Crippen LogP contribution in [0, 0.1) is 6.92 Å². The lowest BCUT2D eigenvalue weighted by atomic mass is 10.1. The molecule has 88 valence electrons. The van der Waals surface area contributed by atoms with Crippen LogP contribution in [0.5, 0.6) is 0 Å². The fourth-order valence-corrected chi connectivity index (χ4v) is 2.05. The van der Waals surface area contributed by atoms with Gasteiger partial charge in [0.2, 0.25) is 0 Å². The molecule has 4 nitrogen and oxygen atoms in total. The molecule has 0 spiro atoms. The smallest absolute Gasteiger partial charge is 0.0634 e. The molecule has 1 fully saturated rings. The summed E-state index contributed by atoms with van der Waals surface area (Å²) < 4.78 is 5.43. The van der Waals surface area contributed by atoms with Gasteiger partial charge in [-0.3, -0.25) is 9.88 Å². The van der Waals surface area contributed by atoms with Crippen LogP contribution in [0.4, 0.5) is 0 Å². The molecule has 4 heteroatoms.